The molecule has 2 N–H and O–H groups in total. The van der Waals surface area contributed by atoms with Crippen LogP contribution in [0.3, 0.4) is 0 Å². The van der Waals surface area contributed by atoms with Crippen LogP contribution in [-0.4, -0.2) is 22.7 Å². The average molecular weight is 365 g/mol. The zero-order valence-electron chi connectivity index (χ0n) is 14.1. The van der Waals surface area contributed by atoms with Crippen LogP contribution in [0, 0.1) is 0 Å². The number of carboxylic acids is 1. The number of benzene rings is 3. The first-order valence-electron chi connectivity index (χ1n) is 8.37. The highest BCUT2D eigenvalue weighted by Crippen LogP contribution is 2.24. The van der Waals surface area contributed by atoms with Gasteiger partial charge < -0.3 is 10.4 Å². The normalized spacial score (nSPS) is 10.6. The van der Waals surface area contributed by atoms with Crippen molar-refractivity contribution in [3.63, 3.8) is 0 Å². The second-order valence-corrected chi connectivity index (χ2v) is 7.03. The van der Waals surface area contributed by atoms with Gasteiger partial charge in [0, 0.05) is 11.3 Å². The fourth-order valence-corrected chi connectivity index (χ4v) is 3.57. The number of para-hydroxylation sites is 1. The summed E-state index contributed by atoms with van der Waals surface area (Å²) in [6, 6.07) is 21.0. The fourth-order valence-electron chi connectivity index (χ4n) is 2.67. The van der Waals surface area contributed by atoms with Crippen molar-refractivity contribution in [3.8, 4) is 0 Å². The number of nitrogens with one attached hydrogen (secondary N) is 1. The zero-order valence-corrected chi connectivity index (χ0v) is 15.0. The number of amides is 1. The Morgan fingerprint density at radius 2 is 1.65 bits per heavy atom. The van der Waals surface area contributed by atoms with Crippen LogP contribution in [0.4, 0.5) is 5.69 Å². The van der Waals surface area contributed by atoms with Gasteiger partial charge in [0.1, 0.15) is 0 Å². The third kappa shape index (κ3) is 4.64. The van der Waals surface area contributed by atoms with Gasteiger partial charge in [-0.2, -0.15) is 0 Å². The Kier molecular flexibility index (Phi) is 5.92. The van der Waals surface area contributed by atoms with Crippen molar-refractivity contribution in [1.82, 2.24) is 0 Å². The summed E-state index contributed by atoms with van der Waals surface area (Å²) in [6.07, 6.45) is 1.08. The van der Waals surface area contributed by atoms with E-state index in [4.69, 9.17) is 5.11 Å². The Hall–Kier alpha value is -2.79. The van der Waals surface area contributed by atoms with E-state index in [0.717, 1.165) is 12.2 Å². The number of rotatable bonds is 7. The van der Waals surface area contributed by atoms with Crippen LogP contribution >= 0.6 is 11.8 Å². The van der Waals surface area contributed by atoms with Gasteiger partial charge >= 0.3 is 5.97 Å². The van der Waals surface area contributed by atoms with E-state index in [2.05, 4.69) is 35.6 Å². The number of carbonyl (C=O) groups is 2. The summed E-state index contributed by atoms with van der Waals surface area (Å²) in [4.78, 5) is 24.4. The first kappa shape index (κ1) is 18.0. The molecule has 26 heavy (non-hydrogen) atoms. The number of anilines is 1. The van der Waals surface area contributed by atoms with Gasteiger partial charge in [0.05, 0.1) is 11.3 Å². The maximum absolute atomic E-state index is 12.1. The lowest BCUT2D eigenvalue weighted by molar-refractivity contribution is -0.116. The molecule has 0 aliphatic carbocycles. The van der Waals surface area contributed by atoms with Gasteiger partial charge in [-0.1, -0.05) is 42.5 Å². The monoisotopic (exact) mass is 365 g/mol. The second kappa shape index (κ2) is 8.54. The third-order valence-corrected chi connectivity index (χ3v) is 5.05. The average Bonchev–Trinajstić information content (AvgIpc) is 2.65. The van der Waals surface area contributed by atoms with Crippen molar-refractivity contribution in [3.05, 3.63) is 72.3 Å². The summed E-state index contributed by atoms with van der Waals surface area (Å²) in [5.74, 6) is -0.391. The van der Waals surface area contributed by atoms with Gasteiger partial charge in [-0.3, -0.25) is 4.79 Å². The Morgan fingerprint density at radius 1 is 0.923 bits per heavy atom. The van der Waals surface area contributed by atoms with Crippen molar-refractivity contribution in [1.29, 1.82) is 0 Å². The molecule has 0 aliphatic rings. The van der Waals surface area contributed by atoms with E-state index in [1.807, 2.05) is 12.1 Å². The van der Waals surface area contributed by atoms with E-state index in [1.165, 1.54) is 21.7 Å². The number of hydrogen-bond acceptors (Lipinski definition) is 3. The fraction of sp³-hybridized carbons (Fsp3) is 0.143. The lowest BCUT2D eigenvalue weighted by atomic mass is 10.1. The van der Waals surface area contributed by atoms with E-state index in [-0.39, 0.29) is 11.5 Å². The summed E-state index contributed by atoms with van der Waals surface area (Å²) < 4.78 is 0. The van der Waals surface area contributed by atoms with Gasteiger partial charge in [-0.25, -0.2) is 4.79 Å². The Bertz CT molecular complexity index is 939. The molecule has 0 bridgehead atoms. The van der Waals surface area contributed by atoms with Crippen LogP contribution in [0.1, 0.15) is 23.2 Å². The van der Waals surface area contributed by atoms with Crippen LogP contribution in [0.25, 0.3) is 10.8 Å². The molecular weight excluding hydrogens is 346 g/mol. The molecule has 5 heteroatoms. The number of carbonyl (C=O) groups excluding carboxylic acids is 1. The first-order valence-corrected chi connectivity index (χ1v) is 9.36. The number of thioether (sulfide) groups is 1. The minimum absolute atomic E-state index is 0.103. The Balaban J connectivity index is 1.48. The zero-order chi connectivity index (χ0) is 18.4. The van der Waals surface area contributed by atoms with Crippen LogP contribution in [0.5, 0.6) is 0 Å². The number of carboxylic acid groups (broad SMARTS) is 1. The van der Waals surface area contributed by atoms with E-state index in [0.29, 0.717) is 12.1 Å². The van der Waals surface area contributed by atoms with E-state index >= 15 is 0 Å². The van der Waals surface area contributed by atoms with Gasteiger partial charge in [0.25, 0.3) is 0 Å². The maximum atomic E-state index is 12.1. The Morgan fingerprint density at radius 3 is 2.46 bits per heavy atom. The number of hydrogen-bond donors (Lipinski definition) is 2. The van der Waals surface area contributed by atoms with Crippen molar-refractivity contribution in [2.75, 3.05) is 11.1 Å². The molecule has 3 aromatic rings. The predicted molar refractivity (Wildman–Crippen MR) is 106 cm³/mol. The largest absolute Gasteiger partial charge is 0.478 e. The first-order chi connectivity index (χ1) is 12.6. The van der Waals surface area contributed by atoms with Crippen LogP contribution in [-0.2, 0) is 4.79 Å². The molecule has 0 atom stereocenters. The van der Waals surface area contributed by atoms with Gasteiger partial charge in [-0.15, -0.1) is 11.8 Å². The molecule has 4 nitrogen and oxygen atoms in total. The standard InChI is InChI=1S/C21H19NO3S/c23-20(22-19-9-4-3-8-18(19)21(24)25)10-5-13-26-17-12-11-15-6-1-2-7-16(15)14-17/h1-4,6-9,11-12,14H,5,10,13H2,(H,22,23)(H,24,25). The quantitative estimate of drug-likeness (QED) is 0.454. The molecule has 0 radical (unpaired) electrons. The topological polar surface area (TPSA) is 66.4 Å². The summed E-state index contributed by atoms with van der Waals surface area (Å²) in [5.41, 5.74) is 0.443. The van der Waals surface area contributed by atoms with Gasteiger partial charge in [0.2, 0.25) is 5.91 Å². The lowest BCUT2D eigenvalue weighted by Gasteiger charge is -2.08. The molecule has 0 fully saturated rings. The molecule has 1 amide bonds. The van der Waals surface area contributed by atoms with Crippen LogP contribution in [0.2, 0.25) is 0 Å². The molecule has 0 heterocycles. The minimum atomic E-state index is -1.05. The SMILES string of the molecule is O=C(CCCSc1ccc2ccccc2c1)Nc1ccccc1C(=O)O. The molecule has 3 rings (SSSR count). The van der Waals surface area contributed by atoms with Crippen molar-refractivity contribution >= 4 is 40.1 Å². The molecule has 0 unspecified atom stereocenters. The summed E-state index contributed by atoms with van der Waals surface area (Å²) in [6.45, 7) is 0. The third-order valence-electron chi connectivity index (χ3n) is 3.97. The van der Waals surface area contributed by atoms with Gasteiger partial charge in [0.15, 0.2) is 0 Å². The Labute approximate surface area is 156 Å². The smallest absolute Gasteiger partial charge is 0.337 e. The predicted octanol–water partition coefficient (Wildman–Crippen LogP) is 5.05. The van der Waals surface area contributed by atoms with Crippen LogP contribution < -0.4 is 5.32 Å². The highest BCUT2D eigenvalue weighted by atomic mass is 32.2. The molecule has 0 spiro atoms. The van der Waals surface area contributed by atoms with Gasteiger partial charge in [-0.05, 0) is 47.2 Å². The highest BCUT2D eigenvalue weighted by molar-refractivity contribution is 7.99. The number of aromatic carboxylic acids is 1. The highest BCUT2D eigenvalue weighted by Gasteiger charge is 2.11. The summed E-state index contributed by atoms with van der Waals surface area (Å²) >= 11 is 1.72. The van der Waals surface area contributed by atoms with E-state index < -0.39 is 5.97 Å². The maximum Gasteiger partial charge on any atom is 0.337 e. The lowest BCUT2D eigenvalue weighted by Crippen LogP contribution is -2.14. The molecule has 0 saturated carbocycles. The van der Waals surface area contributed by atoms with Crippen LogP contribution in [0.15, 0.2) is 71.6 Å². The minimum Gasteiger partial charge on any atom is -0.478 e. The molecule has 0 saturated heterocycles. The summed E-state index contributed by atoms with van der Waals surface area (Å²) in [5, 5.41) is 14.2. The number of fused-ring (bicyclic) bond motifs is 1. The molecule has 3 aromatic carbocycles. The van der Waals surface area contributed by atoms with Crippen molar-refractivity contribution in [2.45, 2.75) is 17.7 Å². The van der Waals surface area contributed by atoms with Crippen molar-refractivity contribution in [2.24, 2.45) is 0 Å². The molecule has 0 aromatic heterocycles. The molecule has 0 aliphatic heterocycles. The second-order valence-electron chi connectivity index (χ2n) is 5.86. The molecule has 132 valence electrons. The van der Waals surface area contributed by atoms with Crippen molar-refractivity contribution < 1.29 is 14.7 Å². The van der Waals surface area contributed by atoms with E-state index in [1.54, 1.807) is 30.0 Å². The van der Waals surface area contributed by atoms with E-state index in [9.17, 15) is 9.59 Å². The molecular formula is C21H19NO3S. The summed E-state index contributed by atoms with van der Waals surface area (Å²) in [7, 11) is 0.